The maximum atomic E-state index is 12.4. The number of ether oxygens (including phenoxy) is 2. The lowest BCUT2D eigenvalue weighted by Gasteiger charge is -2.18. The zero-order chi connectivity index (χ0) is 25.2. The average molecular weight is 503 g/mol. The fourth-order valence-electron chi connectivity index (χ4n) is 3.66. The Bertz CT molecular complexity index is 1150. The molecule has 0 bridgehead atoms. The molecule has 2 unspecified atom stereocenters. The van der Waals surface area contributed by atoms with E-state index in [1.54, 1.807) is 13.8 Å². The van der Waals surface area contributed by atoms with Crippen molar-refractivity contribution >= 4 is 11.4 Å². The van der Waals surface area contributed by atoms with E-state index in [1.165, 1.54) is 0 Å². The predicted octanol–water partition coefficient (Wildman–Crippen LogP) is 6.87. The molecule has 0 N–H and O–H groups in total. The molecule has 0 aliphatic rings. The number of hydrogen-bond donors (Lipinski definition) is 0. The Morgan fingerprint density at radius 2 is 0.917 bits per heavy atom. The molecule has 4 aromatic carbocycles. The van der Waals surface area contributed by atoms with Crippen molar-refractivity contribution in [3.05, 3.63) is 109 Å². The Labute approximate surface area is 215 Å². The minimum atomic E-state index is -1.94. The topological polar surface area (TPSA) is 54.0 Å². The molecule has 4 rings (SSSR count). The molecule has 0 aliphatic heterocycles. The van der Waals surface area contributed by atoms with Crippen molar-refractivity contribution in [1.82, 2.24) is 0 Å². The van der Waals surface area contributed by atoms with Gasteiger partial charge in [-0.15, -0.1) is 0 Å². The van der Waals surface area contributed by atoms with Crippen LogP contribution in [0.4, 0.5) is 0 Å². The van der Waals surface area contributed by atoms with E-state index >= 15 is 0 Å². The highest BCUT2D eigenvalue weighted by molar-refractivity contribution is 7.75. The number of benzene rings is 4. The zero-order valence-electron chi connectivity index (χ0n) is 20.4. The lowest BCUT2D eigenvalue weighted by molar-refractivity contribution is 0.104. The van der Waals surface area contributed by atoms with Crippen molar-refractivity contribution in [3.8, 4) is 33.8 Å². The highest BCUT2D eigenvalue weighted by Crippen LogP contribution is 2.30. The Morgan fingerprint density at radius 3 is 1.33 bits per heavy atom. The van der Waals surface area contributed by atoms with E-state index in [2.05, 4.69) is 0 Å². The minimum absolute atomic E-state index is 0.230. The average Bonchev–Trinajstić information content (AvgIpc) is 2.92. The smallest absolute Gasteiger partial charge is 0.305 e. The summed E-state index contributed by atoms with van der Waals surface area (Å²) in [4.78, 5) is 0. The summed E-state index contributed by atoms with van der Waals surface area (Å²) in [5.41, 5.74) is 4.11. The molecule has 0 amide bonds. The number of para-hydroxylation sites is 2. The SMILES string of the molecule is CC(COc1ccccc1-c1ccccc1)OS(=O)OC(C)COc1ccccc1-c1ccccc1. The van der Waals surface area contributed by atoms with Crippen LogP contribution in [0, 0.1) is 0 Å². The molecule has 0 saturated heterocycles. The van der Waals surface area contributed by atoms with Crippen LogP contribution in [0.15, 0.2) is 109 Å². The first-order valence-corrected chi connectivity index (χ1v) is 12.9. The van der Waals surface area contributed by atoms with Crippen LogP contribution in [0.2, 0.25) is 0 Å². The summed E-state index contributed by atoms with van der Waals surface area (Å²) < 4.78 is 35.4. The van der Waals surface area contributed by atoms with Gasteiger partial charge >= 0.3 is 11.4 Å². The zero-order valence-corrected chi connectivity index (χ0v) is 21.2. The summed E-state index contributed by atoms with van der Waals surface area (Å²) in [5.74, 6) is 1.48. The molecular formula is C30H30O5S. The van der Waals surface area contributed by atoms with Crippen molar-refractivity contribution in [2.45, 2.75) is 26.1 Å². The van der Waals surface area contributed by atoms with Crippen LogP contribution < -0.4 is 9.47 Å². The van der Waals surface area contributed by atoms with E-state index < -0.39 is 23.6 Å². The first-order valence-electron chi connectivity index (χ1n) is 11.9. The molecule has 0 fully saturated rings. The van der Waals surface area contributed by atoms with Gasteiger partial charge in [0.15, 0.2) is 0 Å². The standard InChI is InChI=1S/C30H30O5S/c1-23(21-32-29-19-11-9-17-27(29)25-13-5-3-6-14-25)34-36(31)35-24(2)22-33-30-20-12-10-18-28(30)26-15-7-4-8-16-26/h3-20,23-24H,21-22H2,1-2H3. The van der Waals surface area contributed by atoms with Crippen LogP contribution in [0.3, 0.4) is 0 Å². The van der Waals surface area contributed by atoms with Crippen LogP contribution in [-0.4, -0.2) is 29.6 Å². The predicted molar refractivity (Wildman–Crippen MR) is 144 cm³/mol. The third kappa shape index (κ3) is 7.28. The molecule has 5 nitrogen and oxygen atoms in total. The largest absolute Gasteiger partial charge is 0.490 e. The third-order valence-corrected chi connectivity index (χ3v) is 6.35. The molecule has 0 aromatic heterocycles. The summed E-state index contributed by atoms with van der Waals surface area (Å²) in [6.07, 6.45) is -0.886. The van der Waals surface area contributed by atoms with Crippen LogP contribution in [0.1, 0.15) is 13.8 Å². The second kappa shape index (κ2) is 13.0. The molecule has 186 valence electrons. The second-order valence-corrected chi connectivity index (χ2v) is 9.16. The first kappa shape index (κ1) is 25.6. The molecule has 4 aromatic rings. The summed E-state index contributed by atoms with van der Waals surface area (Å²) in [5, 5.41) is 0. The fourth-order valence-corrected chi connectivity index (χ4v) is 4.35. The van der Waals surface area contributed by atoms with E-state index in [4.69, 9.17) is 17.8 Å². The van der Waals surface area contributed by atoms with E-state index in [0.717, 1.165) is 33.8 Å². The number of hydrogen-bond acceptors (Lipinski definition) is 5. The van der Waals surface area contributed by atoms with E-state index in [0.29, 0.717) is 0 Å². The van der Waals surface area contributed by atoms with Crippen LogP contribution in [0.5, 0.6) is 11.5 Å². The van der Waals surface area contributed by atoms with Crippen molar-refractivity contribution in [3.63, 3.8) is 0 Å². The molecule has 0 saturated carbocycles. The van der Waals surface area contributed by atoms with Crippen LogP contribution in [-0.2, 0) is 19.7 Å². The Hall–Kier alpha value is -3.45. The number of rotatable bonds is 12. The Balaban J connectivity index is 1.25. The van der Waals surface area contributed by atoms with Crippen molar-refractivity contribution in [1.29, 1.82) is 0 Å². The van der Waals surface area contributed by atoms with Gasteiger partial charge in [-0.25, -0.2) is 0 Å². The van der Waals surface area contributed by atoms with Gasteiger partial charge in [0.2, 0.25) is 0 Å². The summed E-state index contributed by atoms with van der Waals surface area (Å²) in [7, 11) is 0. The monoisotopic (exact) mass is 502 g/mol. The fraction of sp³-hybridized carbons (Fsp3) is 0.200. The Kier molecular flexibility index (Phi) is 9.27. The van der Waals surface area contributed by atoms with Crippen molar-refractivity contribution < 1.29 is 22.0 Å². The van der Waals surface area contributed by atoms with Crippen molar-refractivity contribution in [2.75, 3.05) is 13.2 Å². The molecule has 36 heavy (non-hydrogen) atoms. The van der Waals surface area contributed by atoms with Gasteiger partial charge in [0.25, 0.3) is 0 Å². The third-order valence-electron chi connectivity index (χ3n) is 5.38. The van der Waals surface area contributed by atoms with Gasteiger partial charge in [0.1, 0.15) is 36.9 Å². The van der Waals surface area contributed by atoms with Gasteiger partial charge < -0.3 is 9.47 Å². The maximum absolute atomic E-state index is 12.4. The highest BCUT2D eigenvalue weighted by Gasteiger charge is 2.16. The minimum Gasteiger partial charge on any atom is -0.490 e. The summed E-state index contributed by atoms with van der Waals surface area (Å²) in [6, 6.07) is 35.7. The second-order valence-electron chi connectivity index (χ2n) is 8.36. The molecule has 0 heterocycles. The lowest BCUT2D eigenvalue weighted by Crippen LogP contribution is -2.25. The van der Waals surface area contributed by atoms with Gasteiger partial charge in [0, 0.05) is 11.1 Å². The molecular weight excluding hydrogens is 472 g/mol. The summed E-state index contributed by atoms with van der Waals surface area (Å²) in [6.45, 7) is 4.05. The van der Waals surface area contributed by atoms with E-state index in [1.807, 2.05) is 109 Å². The van der Waals surface area contributed by atoms with E-state index in [9.17, 15) is 4.21 Å². The normalized spacial score (nSPS) is 13.5. The molecule has 0 aliphatic carbocycles. The van der Waals surface area contributed by atoms with Crippen LogP contribution >= 0.6 is 0 Å². The molecule has 2 atom stereocenters. The quantitative estimate of drug-likeness (QED) is 0.212. The van der Waals surface area contributed by atoms with Gasteiger partial charge in [-0.1, -0.05) is 97.1 Å². The van der Waals surface area contributed by atoms with E-state index in [-0.39, 0.29) is 13.2 Å². The lowest BCUT2D eigenvalue weighted by atomic mass is 10.1. The van der Waals surface area contributed by atoms with Crippen molar-refractivity contribution in [2.24, 2.45) is 0 Å². The molecule has 0 spiro atoms. The van der Waals surface area contributed by atoms with Crippen LogP contribution in [0.25, 0.3) is 22.3 Å². The highest BCUT2D eigenvalue weighted by atomic mass is 32.2. The molecule has 6 heteroatoms. The maximum Gasteiger partial charge on any atom is 0.305 e. The van der Waals surface area contributed by atoms with Gasteiger partial charge in [-0.3, -0.25) is 8.37 Å². The molecule has 0 radical (unpaired) electrons. The van der Waals surface area contributed by atoms with Gasteiger partial charge in [-0.05, 0) is 37.1 Å². The van der Waals surface area contributed by atoms with Gasteiger partial charge in [0.05, 0.1) is 0 Å². The summed E-state index contributed by atoms with van der Waals surface area (Å²) >= 11 is -1.94. The van der Waals surface area contributed by atoms with Gasteiger partial charge in [-0.2, -0.15) is 4.21 Å². The Morgan fingerprint density at radius 1 is 0.556 bits per heavy atom. The first-order chi connectivity index (χ1) is 17.6.